The van der Waals surface area contributed by atoms with Crippen LogP contribution < -0.4 is 5.73 Å². The van der Waals surface area contributed by atoms with Crippen LogP contribution in [0, 0.1) is 5.82 Å². The van der Waals surface area contributed by atoms with Crippen molar-refractivity contribution in [2.75, 3.05) is 12.8 Å². The van der Waals surface area contributed by atoms with Crippen molar-refractivity contribution in [3.05, 3.63) is 57.4 Å². The number of methoxy groups -OCH3 is 1. The second-order valence-corrected chi connectivity index (χ2v) is 5.94. The molecular formula is C16H16BrFN2O2. The molecule has 1 unspecified atom stereocenters. The van der Waals surface area contributed by atoms with Crippen molar-refractivity contribution < 1.29 is 13.9 Å². The van der Waals surface area contributed by atoms with Crippen LogP contribution in [0.15, 0.2) is 34.9 Å². The summed E-state index contributed by atoms with van der Waals surface area (Å²) in [5.74, 6) is -0.577. The van der Waals surface area contributed by atoms with E-state index in [0.29, 0.717) is 23.4 Å². The molecule has 0 saturated carbocycles. The van der Waals surface area contributed by atoms with Gasteiger partial charge in [-0.25, -0.2) is 14.2 Å². The van der Waals surface area contributed by atoms with E-state index < -0.39 is 11.8 Å². The molecule has 22 heavy (non-hydrogen) atoms. The number of aromatic nitrogens is 1. The lowest BCUT2D eigenvalue weighted by molar-refractivity contribution is 0.0599. The first-order valence-corrected chi connectivity index (χ1v) is 7.49. The molecule has 1 atom stereocenters. The number of carbonyl (C=O) groups is 1. The first-order chi connectivity index (χ1) is 10.4. The second-order valence-electron chi connectivity index (χ2n) is 5.03. The van der Waals surface area contributed by atoms with E-state index in [1.807, 2.05) is 13.0 Å². The van der Waals surface area contributed by atoms with E-state index in [1.54, 1.807) is 6.20 Å². The molecule has 1 aromatic heterocycles. The minimum atomic E-state index is -0.484. The quantitative estimate of drug-likeness (QED) is 0.837. The van der Waals surface area contributed by atoms with Gasteiger partial charge in [0.05, 0.1) is 12.7 Å². The zero-order valence-electron chi connectivity index (χ0n) is 12.3. The van der Waals surface area contributed by atoms with Gasteiger partial charge in [0.25, 0.3) is 0 Å². The minimum absolute atomic E-state index is 0.122. The third-order valence-electron chi connectivity index (χ3n) is 3.44. The summed E-state index contributed by atoms with van der Waals surface area (Å²) in [6.45, 7) is 1.90. The molecule has 1 aromatic carbocycles. The largest absolute Gasteiger partial charge is 0.465 e. The Hall–Kier alpha value is -1.95. The van der Waals surface area contributed by atoms with Gasteiger partial charge >= 0.3 is 5.97 Å². The fourth-order valence-corrected chi connectivity index (χ4v) is 2.71. The maximum Gasteiger partial charge on any atom is 0.338 e. The molecule has 0 aliphatic heterocycles. The molecule has 6 heteroatoms. The van der Waals surface area contributed by atoms with Crippen LogP contribution in [0.3, 0.4) is 0 Å². The van der Waals surface area contributed by atoms with Crippen LogP contribution in [0.25, 0.3) is 0 Å². The Morgan fingerprint density at radius 1 is 1.45 bits per heavy atom. The number of nitrogen functional groups attached to an aromatic ring is 1. The zero-order valence-corrected chi connectivity index (χ0v) is 13.9. The lowest BCUT2D eigenvalue weighted by Gasteiger charge is -2.16. The van der Waals surface area contributed by atoms with Crippen LogP contribution in [0.2, 0.25) is 0 Å². The molecule has 0 aliphatic carbocycles. The average Bonchev–Trinajstić information content (AvgIpc) is 2.50. The lowest BCUT2D eigenvalue weighted by Crippen LogP contribution is -2.11. The normalized spacial score (nSPS) is 12.0. The monoisotopic (exact) mass is 366 g/mol. The van der Waals surface area contributed by atoms with Gasteiger partial charge in [0.1, 0.15) is 11.6 Å². The topological polar surface area (TPSA) is 65.2 Å². The number of rotatable bonds is 4. The Morgan fingerprint density at radius 3 is 2.86 bits per heavy atom. The van der Waals surface area contributed by atoms with E-state index in [1.165, 1.54) is 25.3 Å². The standard InChI is InChI=1S/C16H16BrFN2O2/c1-9(5-10-6-11(17)8-20-15(10)19)14-7-12(18)3-4-13(14)16(21)22-2/h3-4,6-9H,5H2,1-2H3,(H2,19,20). The maximum absolute atomic E-state index is 13.6. The molecular weight excluding hydrogens is 351 g/mol. The predicted octanol–water partition coefficient (Wildman–Crippen LogP) is 3.70. The van der Waals surface area contributed by atoms with Gasteiger partial charge in [0.15, 0.2) is 0 Å². The molecule has 116 valence electrons. The second kappa shape index (κ2) is 6.87. The maximum atomic E-state index is 13.6. The molecule has 0 spiro atoms. The number of nitrogens with two attached hydrogens (primary N) is 1. The molecule has 4 nitrogen and oxygen atoms in total. The van der Waals surface area contributed by atoms with E-state index in [2.05, 4.69) is 20.9 Å². The molecule has 2 aromatic rings. The van der Waals surface area contributed by atoms with Crippen molar-refractivity contribution in [3.8, 4) is 0 Å². The highest BCUT2D eigenvalue weighted by molar-refractivity contribution is 9.10. The van der Waals surface area contributed by atoms with Gasteiger partial charge < -0.3 is 10.5 Å². The van der Waals surface area contributed by atoms with Crippen molar-refractivity contribution in [1.29, 1.82) is 0 Å². The highest BCUT2D eigenvalue weighted by Gasteiger charge is 2.19. The van der Waals surface area contributed by atoms with Crippen LogP contribution >= 0.6 is 15.9 Å². The minimum Gasteiger partial charge on any atom is -0.465 e. The highest BCUT2D eigenvalue weighted by atomic mass is 79.9. The third kappa shape index (κ3) is 3.62. The summed E-state index contributed by atoms with van der Waals surface area (Å²) in [6.07, 6.45) is 2.15. The SMILES string of the molecule is COC(=O)c1ccc(F)cc1C(C)Cc1cc(Br)cnc1N. The smallest absolute Gasteiger partial charge is 0.338 e. The predicted molar refractivity (Wildman–Crippen MR) is 86.2 cm³/mol. The number of carbonyl (C=O) groups excluding carboxylic acids is 1. The molecule has 0 radical (unpaired) electrons. The molecule has 2 N–H and O–H groups in total. The van der Waals surface area contributed by atoms with Gasteiger partial charge in [-0.15, -0.1) is 0 Å². The number of pyridine rings is 1. The van der Waals surface area contributed by atoms with Crippen LogP contribution in [-0.2, 0) is 11.2 Å². The molecule has 0 amide bonds. The van der Waals surface area contributed by atoms with Gasteiger partial charge in [-0.05, 0) is 63.7 Å². The Kier molecular flexibility index (Phi) is 5.13. The molecule has 0 fully saturated rings. The number of halogens is 2. The number of esters is 1. The van der Waals surface area contributed by atoms with Gasteiger partial charge in [0.2, 0.25) is 0 Å². The van der Waals surface area contributed by atoms with Gasteiger partial charge in [0, 0.05) is 10.7 Å². The summed E-state index contributed by atoms with van der Waals surface area (Å²) in [5, 5.41) is 0. The Bertz CT molecular complexity index is 707. The number of nitrogens with zero attached hydrogens (tertiary/aromatic N) is 1. The van der Waals surface area contributed by atoms with Crippen molar-refractivity contribution >= 4 is 27.7 Å². The molecule has 2 rings (SSSR count). The number of anilines is 1. The van der Waals surface area contributed by atoms with E-state index in [4.69, 9.17) is 10.5 Å². The average molecular weight is 367 g/mol. The van der Waals surface area contributed by atoms with Crippen molar-refractivity contribution in [1.82, 2.24) is 4.98 Å². The van der Waals surface area contributed by atoms with Gasteiger partial charge in [-0.3, -0.25) is 0 Å². The summed E-state index contributed by atoms with van der Waals surface area (Å²) in [6, 6.07) is 5.92. The van der Waals surface area contributed by atoms with Crippen LogP contribution in [-0.4, -0.2) is 18.1 Å². The fourth-order valence-electron chi connectivity index (χ4n) is 2.33. The van der Waals surface area contributed by atoms with E-state index in [-0.39, 0.29) is 5.92 Å². The van der Waals surface area contributed by atoms with E-state index in [9.17, 15) is 9.18 Å². The number of hydrogen-bond donors (Lipinski definition) is 1. The number of benzene rings is 1. The van der Waals surface area contributed by atoms with Crippen LogP contribution in [0.5, 0.6) is 0 Å². The first kappa shape index (κ1) is 16.4. The molecule has 0 aliphatic rings. The number of hydrogen-bond acceptors (Lipinski definition) is 4. The summed E-state index contributed by atoms with van der Waals surface area (Å²) in [7, 11) is 1.30. The number of ether oxygens (including phenoxy) is 1. The molecule has 0 bridgehead atoms. The Morgan fingerprint density at radius 2 is 2.18 bits per heavy atom. The Labute approximate surface area is 136 Å². The zero-order chi connectivity index (χ0) is 16.3. The summed E-state index contributed by atoms with van der Waals surface area (Å²) < 4.78 is 19.1. The van der Waals surface area contributed by atoms with Crippen molar-refractivity contribution in [3.63, 3.8) is 0 Å². The third-order valence-corrected chi connectivity index (χ3v) is 3.88. The van der Waals surface area contributed by atoms with Crippen LogP contribution in [0.4, 0.5) is 10.2 Å². The summed E-state index contributed by atoms with van der Waals surface area (Å²) in [5.41, 5.74) is 7.66. The first-order valence-electron chi connectivity index (χ1n) is 6.70. The Balaban J connectivity index is 2.36. The van der Waals surface area contributed by atoms with Crippen LogP contribution in [0.1, 0.15) is 34.3 Å². The molecule has 0 saturated heterocycles. The molecule has 1 heterocycles. The summed E-state index contributed by atoms with van der Waals surface area (Å²) >= 11 is 3.35. The summed E-state index contributed by atoms with van der Waals surface area (Å²) in [4.78, 5) is 15.9. The lowest BCUT2D eigenvalue weighted by atomic mass is 9.90. The van der Waals surface area contributed by atoms with Crippen molar-refractivity contribution in [2.45, 2.75) is 19.3 Å². The van der Waals surface area contributed by atoms with E-state index in [0.717, 1.165) is 10.0 Å². The highest BCUT2D eigenvalue weighted by Crippen LogP contribution is 2.28. The van der Waals surface area contributed by atoms with Gasteiger partial charge in [-0.2, -0.15) is 0 Å². The van der Waals surface area contributed by atoms with Crippen molar-refractivity contribution in [2.24, 2.45) is 0 Å². The van der Waals surface area contributed by atoms with E-state index >= 15 is 0 Å². The fraction of sp³-hybridized carbons (Fsp3) is 0.250. The van der Waals surface area contributed by atoms with Gasteiger partial charge in [-0.1, -0.05) is 6.92 Å².